The largest absolute Gasteiger partial charge is 0.472 e. The zero-order valence-electron chi connectivity index (χ0n) is 61.1. The van der Waals surface area contributed by atoms with E-state index in [1.165, 1.54) is 109 Å². The number of carbonyl (C=O) groups excluding carboxylic acids is 4. The van der Waals surface area contributed by atoms with Crippen LogP contribution in [0.15, 0.2) is 60.8 Å². The van der Waals surface area contributed by atoms with E-state index in [4.69, 9.17) is 37.0 Å². The molecule has 0 bridgehead atoms. The molecule has 0 spiro atoms. The number of allylic oxidation sites excluding steroid dienone is 10. The molecule has 0 saturated carbocycles. The van der Waals surface area contributed by atoms with E-state index in [0.717, 1.165) is 161 Å². The number of aliphatic hydroxyl groups excluding tert-OH is 1. The van der Waals surface area contributed by atoms with E-state index in [-0.39, 0.29) is 25.7 Å². The highest BCUT2D eigenvalue weighted by Gasteiger charge is 2.30. The Morgan fingerprint density at radius 1 is 0.292 bits per heavy atom. The molecule has 3 N–H and O–H groups in total. The summed E-state index contributed by atoms with van der Waals surface area (Å²) in [5.41, 5.74) is 0. The smallest absolute Gasteiger partial charge is 0.462 e. The standard InChI is InChI=1S/C77H140O17P2/c1-5-9-13-17-21-25-29-33-35-39-42-46-50-54-58-62-75(80)88-68-73(94-77(82)64-60-56-52-48-44-40-36-34-30-26-22-18-14-10-6-2)70-92-96(85,86)90-66-71(78)65-89-95(83,84)91-69-72(93-76(81)63-59-55-51-47-43-38-32-28-24-20-16-12-8-4)67-87-74(79)61-57-53-49-45-41-37-31-27-23-19-15-11-7-3/h22,25-29,31-32,34,36,71-73,78H,5-21,23-24,30,33,35,37-70H2,1-4H3,(H,83,84)(H,85,86)/b26-22-,29-25-,31-27-,32-28-,36-34-/t71-,72+,73+/m0/s1. The number of hydrogen-bond donors (Lipinski definition) is 3. The van der Waals surface area contributed by atoms with Crippen molar-refractivity contribution in [1.29, 1.82) is 0 Å². The molecular formula is C77H140O17P2. The van der Waals surface area contributed by atoms with Crippen molar-refractivity contribution >= 4 is 39.5 Å². The Labute approximate surface area is 584 Å². The number of unbranched alkanes of at least 4 members (excludes halogenated alkanes) is 37. The molecule has 0 aromatic carbocycles. The molecule has 0 aliphatic heterocycles. The van der Waals surface area contributed by atoms with Crippen LogP contribution < -0.4 is 0 Å². The van der Waals surface area contributed by atoms with Crippen LogP contribution in [0.2, 0.25) is 0 Å². The molecule has 96 heavy (non-hydrogen) atoms. The van der Waals surface area contributed by atoms with E-state index < -0.39 is 97.5 Å². The summed E-state index contributed by atoms with van der Waals surface area (Å²) >= 11 is 0. The van der Waals surface area contributed by atoms with Gasteiger partial charge in [-0.3, -0.25) is 37.3 Å². The molecule has 0 aromatic heterocycles. The second kappa shape index (κ2) is 70.2. The van der Waals surface area contributed by atoms with Gasteiger partial charge in [0.25, 0.3) is 0 Å². The minimum atomic E-state index is -4.97. The highest BCUT2D eigenvalue weighted by atomic mass is 31.2. The maximum atomic E-state index is 13.1. The van der Waals surface area contributed by atoms with Gasteiger partial charge in [0.15, 0.2) is 12.2 Å². The first-order valence-electron chi connectivity index (χ1n) is 38.5. The topological polar surface area (TPSA) is 237 Å². The normalized spacial score (nSPS) is 14.3. The predicted molar refractivity (Wildman–Crippen MR) is 390 cm³/mol. The fourth-order valence-corrected chi connectivity index (χ4v) is 12.0. The molecule has 0 aliphatic carbocycles. The van der Waals surface area contributed by atoms with Crippen molar-refractivity contribution in [3.8, 4) is 0 Å². The molecular weight excluding hydrogens is 1260 g/mol. The molecule has 0 radical (unpaired) electrons. The van der Waals surface area contributed by atoms with Gasteiger partial charge in [0.05, 0.1) is 26.4 Å². The second-order valence-electron chi connectivity index (χ2n) is 25.9. The lowest BCUT2D eigenvalue weighted by Crippen LogP contribution is -2.30. The number of phosphoric acid groups is 2. The lowest BCUT2D eigenvalue weighted by molar-refractivity contribution is -0.161. The van der Waals surface area contributed by atoms with Crippen molar-refractivity contribution in [3.05, 3.63) is 60.8 Å². The Kier molecular flexibility index (Phi) is 67.8. The zero-order chi connectivity index (χ0) is 70.4. The van der Waals surface area contributed by atoms with Crippen molar-refractivity contribution in [3.63, 3.8) is 0 Å². The molecule has 5 atom stereocenters. The fourth-order valence-electron chi connectivity index (χ4n) is 10.5. The van der Waals surface area contributed by atoms with Gasteiger partial charge in [-0.2, -0.15) is 0 Å². The van der Waals surface area contributed by atoms with E-state index in [1.807, 2.05) is 0 Å². The maximum absolute atomic E-state index is 13.1. The summed E-state index contributed by atoms with van der Waals surface area (Å²) < 4.78 is 68.4. The van der Waals surface area contributed by atoms with Crippen LogP contribution in [-0.4, -0.2) is 96.7 Å². The van der Waals surface area contributed by atoms with Crippen LogP contribution in [0.3, 0.4) is 0 Å². The molecule has 19 heteroatoms. The Morgan fingerprint density at radius 2 is 0.510 bits per heavy atom. The molecule has 0 rings (SSSR count). The van der Waals surface area contributed by atoms with Gasteiger partial charge in [0.2, 0.25) is 0 Å². The van der Waals surface area contributed by atoms with E-state index in [2.05, 4.69) is 88.5 Å². The van der Waals surface area contributed by atoms with E-state index in [1.54, 1.807) is 0 Å². The van der Waals surface area contributed by atoms with Crippen molar-refractivity contribution in [2.24, 2.45) is 0 Å². The Balaban J connectivity index is 5.34. The SMILES string of the molecule is CCCCC/C=C\C/C=C\CCCCCCCC(=O)O[C@H](COC(=O)CCCCCCCCC/C=C\CCCCCC)COP(=O)(O)OC[C@@H](O)COP(=O)(O)OC[C@@H](COC(=O)CCCCCCC/C=C\CCCCCC)OC(=O)CCCCCCC/C=C\CCCCCC. The molecule has 17 nitrogen and oxygen atoms in total. The van der Waals surface area contributed by atoms with Gasteiger partial charge in [-0.25, -0.2) is 9.13 Å². The molecule has 0 heterocycles. The Hall–Kier alpha value is -3.24. The van der Waals surface area contributed by atoms with Crippen LogP contribution >= 0.6 is 15.6 Å². The van der Waals surface area contributed by atoms with E-state index in [0.29, 0.717) is 25.7 Å². The number of carbonyl (C=O) groups is 4. The van der Waals surface area contributed by atoms with Gasteiger partial charge in [0, 0.05) is 25.7 Å². The second-order valence-corrected chi connectivity index (χ2v) is 28.8. The minimum Gasteiger partial charge on any atom is -0.462 e. The van der Waals surface area contributed by atoms with Gasteiger partial charge in [-0.1, -0.05) is 249 Å². The minimum absolute atomic E-state index is 0.0816. The molecule has 0 fully saturated rings. The highest BCUT2D eigenvalue weighted by Crippen LogP contribution is 2.45. The first-order chi connectivity index (χ1) is 46.7. The quantitative estimate of drug-likeness (QED) is 0.0169. The third-order valence-corrected chi connectivity index (χ3v) is 18.3. The number of ether oxygens (including phenoxy) is 4. The number of aliphatic hydroxyl groups is 1. The summed E-state index contributed by atoms with van der Waals surface area (Å²) in [5, 5.41) is 10.6. The van der Waals surface area contributed by atoms with Gasteiger partial charge >= 0.3 is 39.5 Å². The third kappa shape index (κ3) is 69.2. The highest BCUT2D eigenvalue weighted by molar-refractivity contribution is 7.47. The van der Waals surface area contributed by atoms with E-state index >= 15 is 0 Å². The third-order valence-electron chi connectivity index (χ3n) is 16.4. The van der Waals surface area contributed by atoms with Crippen molar-refractivity contribution in [2.45, 2.75) is 367 Å². The summed E-state index contributed by atoms with van der Waals surface area (Å²) in [6.45, 7) is 4.81. The van der Waals surface area contributed by atoms with Gasteiger partial charge in [0.1, 0.15) is 19.3 Å². The number of esters is 4. The number of hydrogen-bond acceptors (Lipinski definition) is 15. The molecule has 0 aliphatic rings. The predicted octanol–water partition coefficient (Wildman–Crippen LogP) is 21.9. The Morgan fingerprint density at radius 3 is 0.802 bits per heavy atom. The summed E-state index contributed by atoms with van der Waals surface area (Å²) in [5.74, 6) is -2.19. The van der Waals surface area contributed by atoms with E-state index in [9.17, 15) is 43.2 Å². The monoisotopic (exact) mass is 1400 g/mol. The van der Waals surface area contributed by atoms with Crippen molar-refractivity contribution in [2.75, 3.05) is 39.6 Å². The van der Waals surface area contributed by atoms with Gasteiger partial charge < -0.3 is 33.8 Å². The zero-order valence-corrected chi connectivity index (χ0v) is 62.8. The number of phosphoric ester groups is 2. The first-order valence-corrected chi connectivity index (χ1v) is 41.5. The fraction of sp³-hybridized carbons (Fsp3) is 0.818. The molecule has 0 aromatic rings. The summed E-state index contributed by atoms with van der Waals surface area (Å²) in [4.78, 5) is 72.8. The van der Waals surface area contributed by atoms with Crippen LogP contribution in [0.1, 0.15) is 349 Å². The van der Waals surface area contributed by atoms with Gasteiger partial charge in [-0.05, 0) is 135 Å². The molecule has 2 unspecified atom stereocenters. The average molecular weight is 1400 g/mol. The maximum Gasteiger partial charge on any atom is 0.472 e. The van der Waals surface area contributed by atoms with Crippen LogP contribution in [-0.2, 0) is 65.4 Å². The van der Waals surface area contributed by atoms with Crippen LogP contribution in [0.4, 0.5) is 0 Å². The van der Waals surface area contributed by atoms with Crippen LogP contribution in [0.25, 0.3) is 0 Å². The number of rotatable bonds is 73. The average Bonchev–Trinajstić information content (AvgIpc) is 1.43. The molecule has 560 valence electrons. The summed E-state index contributed by atoms with van der Waals surface area (Å²) in [6, 6.07) is 0. The van der Waals surface area contributed by atoms with Crippen LogP contribution in [0, 0.1) is 0 Å². The summed E-state index contributed by atoms with van der Waals surface area (Å²) in [6.07, 6.45) is 67.7. The first kappa shape index (κ1) is 92.8. The van der Waals surface area contributed by atoms with Crippen molar-refractivity contribution < 1.29 is 80.2 Å². The molecule has 0 saturated heterocycles. The Bertz CT molecular complexity index is 2060. The lowest BCUT2D eigenvalue weighted by atomic mass is 10.1. The van der Waals surface area contributed by atoms with Crippen molar-refractivity contribution in [1.82, 2.24) is 0 Å². The lowest BCUT2D eigenvalue weighted by Gasteiger charge is -2.21. The van der Waals surface area contributed by atoms with Gasteiger partial charge in [-0.15, -0.1) is 0 Å². The summed E-state index contributed by atoms with van der Waals surface area (Å²) in [7, 11) is -9.94. The molecule has 0 amide bonds. The van der Waals surface area contributed by atoms with Crippen LogP contribution in [0.5, 0.6) is 0 Å².